The van der Waals surface area contributed by atoms with E-state index in [1.54, 1.807) is 0 Å². The van der Waals surface area contributed by atoms with Crippen LogP contribution in [0.4, 0.5) is 5.69 Å². The SMILES string of the molecule is C[C@@H]1CC[C@H]2[C@@H](C)C(OC(=O)Cc3ccc(N(CCCl)CCCl)cc3)O[C@@H]3O[C@@]4(C)CC[C@@H]1[C@]32OO4. The van der Waals surface area contributed by atoms with Gasteiger partial charge in [0.2, 0.25) is 12.1 Å². The fraction of sp³-hybridized carbons (Fsp3) is 0.741. The van der Waals surface area contributed by atoms with Crippen LogP contribution < -0.4 is 4.90 Å². The van der Waals surface area contributed by atoms with E-state index in [0.717, 1.165) is 36.9 Å². The van der Waals surface area contributed by atoms with E-state index in [4.69, 9.17) is 47.2 Å². The summed E-state index contributed by atoms with van der Waals surface area (Å²) in [5.74, 6) is 0.705. The van der Waals surface area contributed by atoms with Gasteiger partial charge < -0.3 is 19.1 Å². The number of hydrogen-bond acceptors (Lipinski definition) is 7. The number of halogens is 2. The first-order chi connectivity index (χ1) is 17.3. The number of hydrogen-bond donors (Lipinski definition) is 0. The van der Waals surface area contributed by atoms with Gasteiger partial charge in [-0.25, -0.2) is 9.78 Å². The van der Waals surface area contributed by atoms with Crippen LogP contribution in [-0.2, 0) is 35.2 Å². The maximum atomic E-state index is 13.0. The lowest BCUT2D eigenvalue weighted by Crippen LogP contribution is -2.70. The molecule has 7 nitrogen and oxygen atoms in total. The van der Waals surface area contributed by atoms with Crippen LogP contribution in [0.25, 0.3) is 0 Å². The van der Waals surface area contributed by atoms with Gasteiger partial charge in [-0.05, 0) is 55.7 Å². The van der Waals surface area contributed by atoms with Crippen molar-refractivity contribution in [3.05, 3.63) is 29.8 Å². The number of benzene rings is 1. The summed E-state index contributed by atoms with van der Waals surface area (Å²) in [7, 11) is 0. The van der Waals surface area contributed by atoms with E-state index in [2.05, 4.69) is 18.7 Å². The molecule has 0 radical (unpaired) electrons. The van der Waals surface area contributed by atoms with Gasteiger partial charge in [-0.1, -0.05) is 26.0 Å². The first-order valence-electron chi connectivity index (χ1n) is 13.1. The number of anilines is 1. The van der Waals surface area contributed by atoms with Gasteiger partial charge in [0, 0.05) is 48.8 Å². The lowest BCUT2D eigenvalue weighted by atomic mass is 9.58. The smallest absolute Gasteiger partial charge is 0.312 e. The molecule has 5 aliphatic rings. The third-order valence-corrected chi connectivity index (χ3v) is 9.04. The molecule has 4 saturated heterocycles. The highest BCUT2D eigenvalue weighted by Gasteiger charge is 2.69. The van der Waals surface area contributed by atoms with Gasteiger partial charge in [0.15, 0.2) is 11.9 Å². The van der Waals surface area contributed by atoms with Crippen molar-refractivity contribution in [1.82, 2.24) is 0 Å². The molecule has 0 amide bonds. The van der Waals surface area contributed by atoms with E-state index in [1.807, 2.05) is 31.2 Å². The predicted molar refractivity (Wildman–Crippen MR) is 137 cm³/mol. The van der Waals surface area contributed by atoms with Crippen molar-refractivity contribution in [3.8, 4) is 0 Å². The van der Waals surface area contributed by atoms with Gasteiger partial charge in [0.05, 0.1) is 6.42 Å². The number of fused-ring (bicyclic) bond motifs is 2. The average Bonchev–Trinajstić information content (AvgIpc) is 3.08. The second-order valence-electron chi connectivity index (χ2n) is 11.0. The molecular formula is C27H37Cl2NO6. The third-order valence-electron chi connectivity index (χ3n) is 8.70. The predicted octanol–water partition coefficient (Wildman–Crippen LogP) is 5.26. The molecule has 8 atom stereocenters. The highest BCUT2D eigenvalue weighted by atomic mass is 35.5. The normalized spacial score (nSPS) is 39.2. The Hall–Kier alpha value is -1.09. The number of alkyl halides is 2. The molecule has 36 heavy (non-hydrogen) atoms. The Balaban J connectivity index is 1.27. The summed E-state index contributed by atoms with van der Waals surface area (Å²) in [5.41, 5.74) is 1.24. The van der Waals surface area contributed by atoms with E-state index < -0.39 is 24.0 Å². The topological polar surface area (TPSA) is 66.5 Å². The fourth-order valence-electron chi connectivity index (χ4n) is 6.74. The highest BCUT2D eigenvalue weighted by Crippen LogP contribution is 2.60. The summed E-state index contributed by atoms with van der Waals surface area (Å²) >= 11 is 11.8. The molecule has 4 aliphatic heterocycles. The Bertz CT molecular complexity index is 927. The Morgan fingerprint density at radius 1 is 1.06 bits per heavy atom. The minimum absolute atomic E-state index is 0.0445. The number of nitrogens with zero attached hydrogens (tertiary/aromatic N) is 1. The number of carbonyl (C=O) groups excluding carboxylic acids is 1. The molecule has 1 aliphatic carbocycles. The van der Waals surface area contributed by atoms with E-state index in [1.165, 1.54) is 0 Å². The van der Waals surface area contributed by atoms with Crippen LogP contribution in [-0.4, -0.2) is 54.8 Å². The van der Waals surface area contributed by atoms with Gasteiger partial charge in [-0.2, -0.15) is 0 Å². The molecule has 0 aromatic heterocycles. The molecule has 200 valence electrons. The van der Waals surface area contributed by atoms with Gasteiger partial charge in [-0.15, -0.1) is 23.2 Å². The van der Waals surface area contributed by atoms with Gasteiger partial charge in [0.25, 0.3) is 0 Å². The average molecular weight is 543 g/mol. The molecular weight excluding hydrogens is 505 g/mol. The number of esters is 1. The van der Waals surface area contributed by atoms with Crippen LogP contribution in [0, 0.1) is 23.7 Å². The lowest BCUT2D eigenvalue weighted by molar-refractivity contribution is -0.576. The van der Waals surface area contributed by atoms with Crippen molar-refractivity contribution in [2.24, 2.45) is 23.7 Å². The summed E-state index contributed by atoms with van der Waals surface area (Å²) < 4.78 is 18.6. The molecule has 5 fully saturated rings. The number of carbonyl (C=O) groups is 1. The Morgan fingerprint density at radius 2 is 1.78 bits per heavy atom. The van der Waals surface area contributed by atoms with Crippen molar-refractivity contribution < 1.29 is 28.8 Å². The van der Waals surface area contributed by atoms with Crippen molar-refractivity contribution >= 4 is 34.9 Å². The Morgan fingerprint density at radius 3 is 2.47 bits per heavy atom. The molecule has 6 rings (SSSR count). The first kappa shape index (κ1) is 26.5. The monoisotopic (exact) mass is 541 g/mol. The zero-order chi connectivity index (χ0) is 25.5. The first-order valence-corrected chi connectivity index (χ1v) is 14.2. The zero-order valence-corrected chi connectivity index (χ0v) is 22.8. The van der Waals surface area contributed by atoms with Gasteiger partial charge in [0.1, 0.15) is 0 Å². The van der Waals surface area contributed by atoms with E-state index in [-0.39, 0.29) is 30.1 Å². The molecule has 4 heterocycles. The summed E-state index contributed by atoms with van der Waals surface area (Å²) in [6, 6.07) is 7.86. The van der Waals surface area contributed by atoms with Crippen LogP contribution in [0.15, 0.2) is 24.3 Å². The zero-order valence-electron chi connectivity index (χ0n) is 21.3. The molecule has 1 aromatic carbocycles. The number of rotatable bonds is 8. The lowest BCUT2D eigenvalue weighted by Gasteiger charge is -2.59. The standard InChI is InChI=1S/C27H37Cl2NO6/c1-17-4-9-22-18(2)24(33-25-27(22)21(17)10-11-26(3,34-25)35-36-27)32-23(31)16-19-5-7-20(8-6-19)30(14-12-28)15-13-29/h5-8,17-18,21-22,24-25H,4,9-16H2,1-3H3/t17-,18-,21+,22+,24?,25-,26-,27-/m1/s1. The van der Waals surface area contributed by atoms with E-state index >= 15 is 0 Å². The van der Waals surface area contributed by atoms with Crippen LogP contribution in [0.2, 0.25) is 0 Å². The highest BCUT2D eigenvalue weighted by molar-refractivity contribution is 6.18. The minimum atomic E-state index is -0.852. The Labute approximate surface area is 223 Å². The molecule has 1 saturated carbocycles. The van der Waals surface area contributed by atoms with E-state index in [0.29, 0.717) is 30.8 Å². The van der Waals surface area contributed by atoms with Crippen LogP contribution in [0.3, 0.4) is 0 Å². The number of ether oxygens (including phenoxy) is 3. The summed E-state index contributed by atoms with van der Waals surface area (Å²) in [6.07, 6.45) is 2.62. The largest absolute Gasteiger partial charge is 0.435 e. The molecule has 1 aromatic rings. The Kier molecular flexibility index (Phi) is 7.79. The minimum Gasteiger partial charge on any atom is -0.435 e. The fourth-order valence-corrected chi connectivity index (χ4v) is 7.15. The maximum Gasteiger partial charge on any atom is 0.312 e. The van der Waals surface area contributed by atoms with E-state index in [9.17, 15) is 4.79 Å². The van der Waals surface area contributed by atoms with Crippen molar-refractivity contribution in [2.75, 3.05) is 29.7 Å². The van der Waals surface area contributed by atoms with Crippen molar-refractivity contribution in [3.63, 3.8) is 0 Å². The quantitative estimate of drug-likeness (QED) is 0.252. The summed E-state index contributed by atoms with van der Waals surface area (Å²) in [6.45, 7) is 7.69. The summed E-state index contributed by atoms with van der Waals surface area (Å²) in [4.78, 5) is 27.1. The van der Waals surface area contributed by atoms with Gasteiger partial charge >= 0.3 is 5.97 Å². The molecule has 2 bridgehead atoms. The summed E-state index contributed by atoms with van der Waals surface area (Å²) in [5, 5.41) is 0. The maximum absolute atomic E-state index is 13.0. The van der Waals surface area contributed by atoms with Crippen molar-refractivity contribution in [1.29, 1.82) is 0 Å². The van der Waals surface area contributed by atoms with Crippen LogP contribution in [0.5, 0.6) is 0 Å². The van der Waals surface area contributed by atoms with Crippen LogP contribution in [0.1, 0.15) is 52.0 Å². The van der Waals surface area contributed by atoms with Gasteiger partial charge in [-0.3, -0.25) is 4.79 Å². The second-order valence-corrected chi connectivity index (χ2v) is 11.7. The molecule has 1 spiro atoms. The molecule has 9 heteroatoms. The second kappa shape index (κ2) is 10.6. The third kappa shape index (κ3) is 4.76. The van der Waals surface area contributed by atoms with Crippen LogP contribution >= 0.6 is 23.2 Å². The van der Waals surface area contributed by atoms with Crippen molar-refractivity contribution in [2.45, 2.75) is 76.8 Å². The molecule has 0 N–H and O–H groups in total. The molecule has 1 unspecified atom stereocenters.